The van der Waals surface area contributed by atoms with Gasteiger partial charge in [0, 0.05) is 12.6 Å². The number of amides is 2. The van der Waals surface area contributed by atoms with Crippen molar-refractivity contribution in [1.29, 1.82) is 0 Å². The molecule has 162 valence electrons. The lowest BCUT2D eigenvalue weighted by Gasteiger charge is -2.25. The van der Waals surface area contributed by atoms with Gasteiger partial charge in [-0.05, 0) is 98.3 Å². The summed E-state index contributed by atoms with van der Waals surface area (Å²) in [6.45, 7) is 6.72. The Hall–Kier alpha value is -2.05. The summed E-state index contributed by atoms with van der Waals surface area (Å²) >= 11 is 1.68. The van der Waals surface area contributed by atoms with E-state index in [0.717, 1.165) is 25.7 Å². The molecular formula is C23H37N3O2S. The lowest BCUT2D eigenvalue weighted by molar-refractivity contribution is 0.235. The number of carbonyl (C=O) groups excluding carboxylic acids is 1. The Kier molecular flexibility index (Phi) is 12.1. The summed E-state index contributed by atoms with van der Waals surface area (Å²) < 4.78 is 0. The van der Waals surface area contributed by atoms with Crippen LogP contribution in [-0.4, -0.2) is 37.8 Å². The molecule has 1 aromatic carbocycles. The second-order valence-electron chi connectivity index (χ2n) is 7.15. The zero-order valence-corrected chi connectivity index (χ0v) is 19.2. The Morgan fingerprint density at radius 2 is 1.97 bits per heavy atom. The van der Waals surface area contributed by atoms with Gasteiger partial charge in [0.1, 0.15) is 5.75 Å². The van der Waals surface area contributed by atoms with Gasteiger partial charge in [-0.15, -0.1) is 0 Å². The maximum absolute atomic E-state index is 12.1. The maximum atomic E-state index is 12.1. The molecule has 1 aromatic heterocycles. The van der Waals surface area contributed by atoms with E-state index >= 15 is 0 Å². The summed E-state index contributed by atoms with van der Waals surface area (Å²) in [5.74, 6) is 0.796. The van der Waals surface area contributed by atoms with Gasteiger partial charge in [-0.2, -0.15) is 11.3 Å². The van der Waals surface area contributed by atoms with Crippen LogP contribution in [0.3, 0.4) is 0 Å². The first-order valence-corrected chi connectivity index (χ1v) is 11.4. The Labute approximate surface area is 179 Å². The number of benzene rings is 1. The lowest BCUT2D eigenvalue weighted by atomic mass is 9.84. The Morgan fingerprint density at radius 1 is 1.24 bits per heavy atom. The first-order valence-electron chi connectivity index (χ1n) is 10.5. The van der Waals surface area contributed by atoms with E-state index in [2.05, 4.69) is 32.8 Å². The molecule has 0 aliphatic heterocycles. The molecule has 0 saturated heterocycles. The number of thiophene rings is 1. The number of hydrogen-bond donors (Lipinski definition) is 4. The van der Waals surface area contributed by atoms with E-state index in [1.54, 1.807) is 17.4 Å². The molecule has 2 amide bonds. The molecule has 2 unspecified atom stereocenters. The number of nitrogens with one attached hydrogen (secondary N) is 3. The summed E-state index contributed by atoms with van der Waals surface area (Å²) in [6.07, 6.45) is 3.82. The van der Waals surface area contributed by atoms with Crippen LogP contribution in [0.5, 0.6) is 5.75 Å². The topological polar surface area (TPSA) is 73.4 Å². The largest absolute Gasteiger partial charge is 0.508 e. The molecule has 2 atom stereocenters. The van der Waals surface area contributed by atoms with Gasteiger partial charge in [0.05, 0.1) is 0 Å². The molecule has 1 aliphatic carbocycles. The normalized spacial score (nSPS) is 15.6. The number of phenols is 1. The quantitative estimate of drug-likeness (QED) is 0.582. The summed E-state index contributed by atoms with van der Waals surface area (Å²) in [6, 6.07) is 7.73. The third-order valence-electron chi connectivity index (χ3n) is 4.57. The van der Waals surface area contributed by atoms with E-state index in [1.165, 1.54) is 16.7 Å². The highest BCUT2D eigenvalue weighted by Crippen LogP contribution is 2.27. The van der Waals surface area contributed by atoms with Crippen LogP contribution in [0.1, 0.15) is 43.9 Å². The molecule has 6 heteroatoms. The van der Waals surface area contributed by atoms with Crippen LogP contribution in [0.4, 0.5) is 4.79 Å². The average molecular weight is 420 g/mol. The van der Waals surface area contributed by atoms with Gasteiger partial charge >= 0.3 is 6.03 Å². The average Bonchev–Trinajstić information content (AvgIpc) is 3.21. The molecule has 0 saturated carbocycles. The molecule has 3 rings (SSSR count). The first-order chi connectivity index (χ1) is 14.0. The number of fused-ring (bicyclic) bond motifs is 1. The van der Waals surface area contributed by atoms with E-state index in [4.69, 9.17) is 0 Å². The summed E-state index contributed by atoms with van der Waals surface area (Å²) in [5.41, 5.74) is 3.79. The van der Waals surface area contributed by atoms with Crippen molar-refractivity contribution in [1.82, 2.24) is 16.0 Å². The summed E-state index contributed by atoms with van der Waals surface area (Å²) in [7, 11) is 3.75. The molecule has 1 heterocycles. The van der Waals surface area contributed by atoms with Gasteiger partial charge in [0.25, 0.3) is 0 Å². The van der Waals surface area contributed by atoms with Crippen molar-refractivity contribution in [2.24, 2.45) is 5.92 Å². The fourth-order valence-electron chi connectivity index (χ4n) is 3.32. The van der Waals surface area contributed by atoms with Crippen molar-refractivity contribution in [3.63, 3.8) is 0 Å². The zero-order valence-electron chi connectivity index (χ0n) is 18.4. The minimum absolute atomic E-state index is 0.0887. The minimum atomic E-state index is -0.0887. The van der Waals surface area contributed by atoms with Gasteiger partial charge < -0.3 is 21.1 Å². The van der Waals surface area contributed by atoms with Crippen LogP contribution in [0, 0.1) is 5.92 Å². The zero-order chi connectivity index (χ0) is 21.6. The fraction of sp³-hybridized carbons (Fsp3) is 0.522. The van der Waals surface area contributed by atoms with E-state index < -0.39 is 0 Å². The Morgan fingerprint density at radius 3 is 2.62 bits per heavy atom. The van der Waals surface area contributed by atoms with E-state index in [1.807, 2.05) is 47.0 Å². The van der Waals surface area contributed by atoms with Crippen molar-refractivity contribution >= 4 is 17.4 Å². The fourth-order valence-corrected chi connectivity index (χ4v) is 4.00. The van der Waals surface area contributed by atoms with Gasteiger partial charge in [-0.3, -0.25) is 0 Å². The number of hydrogen-bond acceptors (Lipinski definition) is 4. The van der Waals surface area contributed by atoms with Crippen molar-refractivity contribution in [2.45, 2.75) is 52.5 Å². The molecule has 4 N–H and O–H groups in total. The van der Waals surface area contributed by atoms with Crippen LogP contribution >= 0.6 is 11.3 Å². The smallest absolute Gasteiger partial charge is 0.315 e. The van der Waals surface area contributed by atoms with Crippen molar-refractivity contribution in [3.8, 4) is 5.75 Å². The van der Waals surface area contributed by atoms with E-state index in [9.17, 15) is 9.90 Å². The summed E-state index contributed by atoms with van der Waals surface area (Å²) in [4.78, 5) is 12.1. The molecule has 29 heavy (non-hydrogen) atoms. The van der Waals surface area contributed by atoms with Crippen molar-refractivity contribution in [3.05, 3.63) is 51.7 Å². The third kappa shape index (κ3) is 9.33. The molecule has 0 bridgehead atoms. The SMILES string of the molecule is CC.CC(Cc1ccsc1)NC(=O)NCC1CCc2cc(O)ccc2C1.CNC. The molecular weight excluding hydrogens is 382 g/mol. The highest BCUT2D eigenvalue weighted by Gasteiger charge is 2.19. The monoisotopic (exact) mass is 419 g/mol. The lowest BCUT2D eigenvalue weighted by Crippen LogP contribution is -2.43. The Balaban J connectivity index is 0.000000771. The predicted octanol–water partition coefficient (Wildman–Crippen LogP) is 4.35. The maximum Gasteiger partial charge on any atom is 0.315 e. The molecule has 0 spiro atoms. The number of phenolic OH excluding ortho intramolecular Hbond substituents is 1. The molecule has 0 fully saturated rings. The van der Waals surface area contributed by atoms with Crippen LogP contribution in [0.2, 0.25) is 0 Å². The van der Waals surface area contributed by atoms with Crippen molar-refractivity contribution in [2.75, 3.05) is 20.6 Å². The Bertz CT molecular complexity index is 704. The highest BCUT2D eigenvalue weighted by molar-refractivity contribution is 7.07. The minimum Gasteiger partial charge on any atom is -0.508 e. The van der Waals surface area contributed by atoms with Crippen LogP contribution in [0.25, 0.3) is 0 Å². The number of aromatic hydroxyl groups is 1. The number of carbonyl (C=O) groups is 1. The van der Waals surface area contributed by atoms with Crippen molar-refractivity contribution < 1.29 is 9.90 Å². The second-order valence-corrected chi connectivity index (χ2v) is 7.93. The number of aryl methyl sites for hydroxylation is 1. The molecule has 2 aromatic rings. The molecule has 1 aliphatic rings. The van der Waals surface area contributed by atoms with E-state index in [0.29, 0.717) is 18.2 Å². The van der Waals surface area contributed by atoms with Gasteiger partial charge in [0.2, 0.25) is 0 Å². The highest BCUT2D eigenvalue weighted by atomic mass is 32.1. The van der Waals surface area contributed by atoms with Gasteiger partial charge in [-0.1, -0.05) is 19.9 Å². The molecule has 0 radical (unpaired) electrons. The first kappa shape index (κ1) is 25.0. The number of rotatable bonds is 5. The molecule has 5 nitrogen and oxygen atoms in total. The van der Waals surface area contributed by atoms with Gasteiger partial charge in [0.15, 0.2) is 0 Å². The third-order valence-corrected chi connectivity index (χ3v) is 5.30. The standard InChI is InChI=1S/C19H24N2O2S.C2H7N.C2H6/c1-13(8-15-6-7-24-12-15)21-19(23)20-11-14-2-3-17-10-18(22)5-4-16(17)9-14;1-3-2;1-2/h4-7,10,12-14,22H,2-3,8-9,11H2,1H3,(H2,20,21,23);3H,1-2H3;1-2H3. The van der Waals surface area contributed by atoms with Crippen LogP contribution in [0.15, 0.2) is 35.0 Å². The van der Waals surface area contributed by atoms with Gasteiger partial charge in [-0.25, -0.2) is 4.79 Å². The summed E-state index contributed by atoms with van der Waals surface area (Å²) in [5, 5.41) is 22.5. The van der Waals surface area contributed by atoms with E-state index in [-0.39, 0.29) is 12.1 Å². The van der Waals surface area contributed by atoms with Crippen LogP contribution < -0.4 is 16.0 Å². The predicted molar refractivity (Wildman–Crippen MR) is 124 cm³/mol. The van der Waals surface area contributed by atoms with Crippen LogP contribution in [-0.2, 0) is 19.3 Å². The second kappa shape index (κ2) is 14.0. The number of urea groups is 1.